The third-order valence-electron chi connectivity index (χ3n) is 2.95. The van der Waals surface area contributed by atoms with E-state index in [1.807, 2.05) is 0 Å². The Morgan fingerprint density at radius 3 is 2.56 bits per heavy atom. The van der Waals surface area contributed by atoms with Gasteiger partial charge < -0.3 is 5.32 Å². The number of halogens is 4. The first kappa shape index (κ1) is 19.2. The SMILES string of the molecule is O=C(CNC(=O)c1c(F)cccc1Cl)N/N=C/c1ccc(Cl)cc1Cl. The Balaban J connectivity index is 1.88. The summed E-state index contributed by atoms with van der Waals surface area (Å²) in [6.07, 6.45) is 1.33. The maximum absolute atomic E-state index is 13.6. The molecule has 0 aromatic heterocycles. The molecule has 0 saturated carbocycles. The molecular weight excluding hydrogens is 392 g/mol. The summed E-state index contributed by atoms with van der Waals surface area (Å²) in [4.78, 5) is 23.5. The summed E-state index contributed by atoms with van der Waals surface area (Å²) in [6, 6.07) is 8.63. The Kier molecular flexibility index (Phi) is 6.75. The number of carbonyl (C=O) groups is 2. The third-order valence-corrected chi connectivity index (χ3v) is 3.83. The summed E-state index contributed by atoms with van der Waals surface area (Å²) in [5.74, 6) is -2.19. The largest absolute Gasteiger partial charge is 0.343 e. The number of amides is 2. The fraction of sp³-hybridized carbons (Fsp3) is 0.0625. The Hall–Kier alpha value is -2.15. The van der Waals surface area contributed by atoms with E-state index in [9.17, 15) is 14.0 Å². The van der Waals surface area contributed by atoms with Crippen molar-refractivity contribution < 1.29 is 14.0 Å². The molecule has 0 atom stereocenters. The van der Waals surface area contributed by atoms with Crippen molar-refractivity contribution in [2.45, 2.75) is 0 Å². The third kappa shape index (κ3) is 5.42. The summed E-state index contributed by atoms with van der Waals surface area (Å²) in [7, 11) is 0. The van der Waals surface area contributed by atoms with Gasteiger partial charge in [0.2, 0.25) is 0 Å². The van der Waals surface area contributed by atoms with Crippen LogP contribution in [0.15, 0.2) is 41.5 Å². The molecule has 0 aliphatic heterocycles. The standard InChI is InChI=1S/C16H11Cl3FN3O2/c17-10-5-4-9(12(19)6-10)7-22-23-14(24)8-21-16(25)15-11(18)2-1-3-13(15)20/h1-7H,8H2,(H,21,25)(H,23,24)/b22-7+. The molecule has 0 fully saturated rings. The lowest BCUT2D eigenvalue weighted by Gasteiger charge is -2.06. The van der Waals surface area contributed by atoms with Crippen molar-refractivity contribution in [3.63, 3.8) is 0 Å². The highest BCUT2D eigenvalue weighted by Crippen LogP contribution is 2.19. The molecular formula is C16H11Cl3FN3O2. The molecule has 0 unspecified atom stereocenters. The number of rotatable bonds is 5. The number of benzene rings is 2. The number of hydrogen-bond donors (Lipinski definition) is 2. The lowest BCUT2D eigenvalue weighted by atomic mass is 10.2. The molecule has 2 N–H and O–H groups in total. The van der Waals surface area contributed by atoms with Crippen molar-refractivity contribution >= 4 is 52.8 Å². The predicted molar refractivity (Wildman–Crippen MR) is 95.9 cm³/mol. The quantitative estimate of drug-likeness (QED) is 0.592. The van der Waals surface area contributed by atoms with E-state index in [1.165, 1.54) is 24.4 Å². The fourth-order valence-electron chi connectivity index (χ4n) is 1.78. The van der Waals surface area contributed by atoms with Crippen LogP contribution in [0.2, 0.25) is 15.1 Å². The van der Waals surface area contributed by atoms with Crippen LogP contribution < -0.4 is 10.7 Å². The van der Waals surface area contributed by atoms with Crippen LogP contribution in [0.5, 0.6) is 0 Å². The normalized spacial score (nSPS) is 10.7. The highest BCUT2D eigenvalue weighted by atomic mass is 35.5. The molecule has 0 spiro atoms. The van der Waals surface area contributed by atoms with Gasteiger partial charge in [0, 0.05) is 10.6 Å². The minimum atomic E-state index is -0.803. The van der Waals surface area contributed by atoms with E-state index in [0.717, 1.165) is 6.07 Å². The second-order valence-corrected chi connectivity index (χ2v) is 5.99. The summed E-state index contributed by atoms with van der Waals surface area (Å²) >= 11 is 17.5. The van der Waals surface area contributed by atoms with E-state index >= 15 is 0 Å². The van der Waals surface area contributed by atoms with Gasteiger partial charge in [0.25, 0.3) is 11.8 Å². The smallest absolute Gasteiger partial charge is 0.259 e. The van der Waals surface area contributed by atoms with Gasteiger partial charge in [0.1, 0.15) is 5.82 Å². The number of hydrogen-bond acceptors (Lipinski definition) is 3. The number of nitrogens with one attached hydrogen (secondary N) is 2. The maximum atomic E-state index is 13.6. The second kappa shape index (κ2) is 8.80. The van der Waals surface area contributed by atoms with Gasteiger partial charge in [0.15, 0.2) is 0 Å². The molecule has 9 heteroatoms. The van der Waals surface area contributed by atoms with E-state index in [4.69, 9.17) is 34.8 Å². The summed E-state index contributed by atoms with van der Waals surface area (Å²) in [5, 5.41) is 6.76. The molecule has 2 rings (SSSR count). The average Bonchev–Trinajstić information content (AvgIpc) is 2.55. The molecule has 0 heterocycles. The monoisotopic (exact) mass is 401 g/mol. The Bertz CT molecular complexity index is 823. The lowest BCUT2D eigenvalue weighted by Crippen LogP contribution is -2.35. The number of nitrogens with zero attached hydrogens (tertiary/aromatic N) is 1. The topological polar surface area (TPSA) is 70.6 Å². The van der Waals surface area contributed by atoms with E-state index in [0.29, 0.717) is 15.6 Å². The first-order valence-electron chi connectivity index (χ1n) is 6.87. The van der Waals surface area contributed by atoms with Crippen LogP contribution in [0.3, 0.4) is 0 Å². The van der Waals surface area contributed by atoms with Gasteiger partial charge in [-0.3, -0.25) is 9.59 Å². The Morgan fingerprint density at radius 1 is 1.12 bits per heavy atom. The van der Waals surface area contributed by atoms with Crippen LogP contribution in [0.1, 0.15) is 15.9 Å². The highest BCUT2D eigenvalue weighted by molar-refractivity contribution is 6.36. The van der Waals surface area contributed by atoms with Crippen LogP contribution in [0.4, 0.5) is 4.39 Å². The molecule has 5 nitrogen and oxygen atoms in total. The summed E-state index contributed by atoms with van der Waals surface area (Å²) in [5.41, 5.74) is 2.43. The minimum Gasteiger partial charge on any atom is -0.343 e. The van der Waals surface area contributed by atoms with E-state index in [1.54, 1.807) is 12.1 Å². The lowest BCUT2D eigenvalue weighted by molar-refractivity contribution is -0.120. The first-order valence-corrected chi connectivity index (χ1v) is 8.01. The maximum Gasteiger partial charge on any atom is 0.259 e. The average molecular weight is 403 g/mol. The van der Waals surface area contributed by atoms with Gasteiger partial charge in [0.05, 0.1) is 28.4 Å². The molecule has 2 amide bonds. The van der Waals surface area contributed by atoms with Crippen molar-refractivity contribution in [2.24, 2.45) is 5.10 Å². The number of hydrazone groups is 1. The van der Waals surface area contributed by atoms with Gasteiger partial charge in [-0.25, -0.2) is 9.82 Å². The summed E-state index contributed by atoms with van der Waals surface area (Å²) in [6.45, 7) is -0.408. The zero-order valence-corrected chi connectivity index (χ0v) is 14.8. The van der Waals surface area contributed by atoms with Crippen LogP contribution in [0, 0.1) is 5.82 Å². The van der Waals surface area contributed by atoms with Crippen molar-refractivity contribution in [3.8, 4) is 0 Å². The van der Waals surface area contributed by atoms with Gasteiger partial charge in [-0.05, 0) is 24.3 Å². The Labute approximate surface area is 157 Å². The molecule has 0 aliphatic rings. The molecule has 2 aromatic rings. The molecule has 0 bridgehead atoms. The van der Waals surface area contributed by atoms with E-state index in [-0.39, 0.29) is 10.6 Å². The molecule has 130 valence electrons. The zero-order chi connectivity index (χ0) is 18.4. The van der Waals surface area contributed by atoms with Gasteiger partial charge in [-0.1, -0.05) is 46.9 Å². The number of carbonyl (C=O) groups excluding carboxylic acids is 2. The van der Waals surface area contributed by atoms with Crippen molar-refractivity contribution in [3.05, 3.63) is 68.4 Å². The van der Waals surface area contributed by atoms with Crippen LogP contribution >= 0.6 is 34.8 Å². The fourth-order valence-corrected chi connectivity index (χ4v) is 2.49. The van der Waals surface area contributed by atoms with Crippen molar-refractivity contribution in [1.29, 1.82) is 0 Å². The predicted octanol–water partition coefficient (Wildman–Crippen LogP) is 3.67. The molecule has 0 saturated heterocycles. The van der Waals surface area contributed by atoms with Crippen molar-refractivity contribution in [2.75, 3.05) is 6.54 Å². The highest BCUT2D eigenvalue weighted by Gasteiger charge is 2.16. The summed E-state index contributed by atoms with van der Waals surface area (Å²) < 4.78 is 13.6. The van der Waals surface area contributed by atoms with Crippen LogP contribution in [-0.4, -0.2) is 24.6 Å². The molecule has 0 aliphatic carbocycles. The van der Waals surface area contributed by atoms with Gasteiger partial charge in [-0.2, -0.15) is 5.10 Å². The van der Waals surface area contributed by atoms with E-state index < -0.39 is 24.2 Å². The molecule has 25 heavy (non-hydrogen) atoms. The van der Waals surface area contributed by atoms with E-state index in [2.05, 4.69) is 15.8 Å². The second-order valence-electron chi connectivity index (χ2n) is 4.74. The minimum absolute atomic E-state index is 0.0479. The van der Waals surface area contributed by atoms with Gasteiger partial charge in [-0.15, -0.1) is 0 Å². The van der Waals surface area contributed by atoms with Crippen LogP contribution in [0.25, 0.3) is 0 Å². The zero-order valence-electron chi connectivity index (χ0n) is 12.5. The molecule has 2 aromatic carbocycles. The Morgan fingerprint density at radius 2 is 1.88 bits per heavy atom. The first-order chi connectivity index (χ1) is 11.9. The van der Waals surface area contributed by atoms with Crippen molar-refractivity contribution in [1.82, 2.24) is 10.7 Å². The molecule has 0 radical (unpaired) electrons. The van der Waals surface area contributed by atoms with Gasteiger partial charge >= 0.3 is 0 Å². The van der Waals surface area contributed by atoms with Crippen LogP contribution in [-0.2, 0) is 4.79 Å².